The van der Waals surface area contributed by atoms with E-state index in [2.05, 4.69) is 27.0 Å². The Balaban J connectivity index is 1.47. The minimum Gasteiger partial charge on any atom is -0.309 e. The number of hydrogen-bond donors (Lipinski definition) is 1. The molecule has 0 bridgehead atoms. The maximum Gasteiger partial charge on any atom is 0.258 e. The van der Waals surface area contributed by atoms with Crippen LogP contribution in [0.1, 0.15) is 29.7 Å². The molecule has 2 aromatic heterocycles. The third-order valence-electron chi connectivity index (χ3n) is 5.03. The van der Waals surface area contributed by atoms with Crippen LogP contribution in [0.2, 0.25) is 5.02 Å². The average Bonchev–Trinajstić information content (AvgIpc) is 3.27. The van der Waals surface area contributed by atoms with E-state index in [0.717, 1.165) is 29.9 Å². The zero-order chi connectivity index (χ0) is 18.4. The third kappa shape index (κ3) is 3.14. The lowest BCUT2D eigenvalue weighted by molar-refractivity contribution is 0.242. The zero-order valence-corrected chi connectivity index (χ0v) is 16.1. The van der Waals surface area contributed by atoms with Crippen LogP contribution >= 0.6 is 22.9 Å². The number of aromatic amines is 1. The van der Waals surface area contributed by atoms with Crippen molar-refractivity contribution in [2.24, 2.45) is 0 Å². The number of rotatable bonds is 3. The Kier molecular flexibility index (Phi) is 4.19. The van der Waals surface area contributed by atoms with Crippen LogP contribution in [0.15, 0.2) is 47.3 Å². The third-order valence-corrected chi connectivity index (χ3v) is 6.40. The summed E-state index contributed by atoms with van der Waals surface area (Å²) in [5.74, 6) is 0.669. The first-order valence-corrected chi connectivity index (χ1v) is 10.1. The molecule has 27 heavy (non-hydrogen) atoms. The number of para-hydroxylation sites is 1. The minimum absolute atomic E-state index is 0.123. The van der Waals surface area contributed by atoms with Gasteiger partial charge in [-0.25, -0.2) is 9.97 Å². The van der Waals surface area contributed by atoms with E-state index in [1.807, 2.05) is 12.1 Å². The molecule has 0 radical (unpaired) electrons. The van der Waals surface area contributed by atoms with Gasteiger partial charge in [-0.15, -0.1) is 11.3 Å². The molecule has 2 aromatic carbocycles. The summed E-state index contributed by atoms with van der Waals surface area (Å²) in [5, 5.41) is 2.28. The molecule has 136 valence electrons. The van der Waals surface area contributed by atoms with Crippen LogP contribution < -0.4 is 5.56 Å². The number of benzene rings is 2. The Bertz CT molecular complexity index is 1170. The molecular weight excluding hydrogens is 380 g/mol. The van der Waals surface area contributed by atoms with Gasteiger partial charge >= 0.3 is 0 Å². The number of fused-ring (bicyclic) bond motifs is 2. The lowest BCUT2D eigenvalue weighted by atomic mass is 10.2. The number of thiazole rings is 1. The Morgan fingerprint density at radius 1 is 1.19 bits per heavy atom. The normalized spacial score (nSPS) is 17.9. The number of aromatic nitrogens is 3. The first-order chi connectivity index (χ1) is 13.2. The van der Waals surface area contributed by atoms with Crippen LogP contribution in [0.5, 0.6) is 0 Å². The van der Waals surface area contributed by atoms with E-state index >= 15 is 0 Å². The Morgan fingerprint density at radius 3 is 2.96 bits per heavy atom. The molecule has 5 nitrogen and oxygen atoms in total. The zero-order valence-electron chi connectivity index (χ0n) is 14.5. The van der Waals surface area contributed by atoms with Crippen molar-refractivity contribution in [2.45, 2.75) is 25.4 Å². The van der Waals surface area contributed by atoms with Crippen molar-refractivity contribution in [3.05, 3.63) is 68.7 Å². The van der Waals surface area contributed by atoms with Crippen LogP contribution in [0.4, 0.5) is 0 Å². The summed E-state index contributed by atoms with van der Waals surface area (Å²) in [6.07, 6.45) is 2.19. The Morgan fingerprint density at radius 2 is 2.07 bits per heavy atom. The summed E-state index contributed by atoms with van der Waals surface area (Å²) in [4.78, 5) is 27.1. The second kappa shape index (κ2) is 6.71. The van der Waals surface area contributed by atoms with E-state index in [4.69, 9.17) is 16.6 Å². The second-order valence-corrected chi connectivity index (χ2v) is 8.32. The molecule has 0 aliphatic carbocycles. The highest BCUT2D eigenvalue weighted by molar-refractivity contribution is 7.18. The molecule has 1 atom stereocenters. The highest BCUT2D eigenvalue weighted by Crippen LogP contribution is 2.36. The number of nitrogens with one attached hydrogen (secondary N) is 1. The van der Waals surface area contributed by atoms with Gasteiger partial charge in [0.05, 0.1) is 33.7 Å². The smallest absolute Gasteiger partial charge is 0.258 e. The minimum atomic E-state index is -0.123. The van der Waals surface area contributed by atoms with Crippen molar-refractivity contribution in [3.8, 4) is 0 Å². The number of nitrogens with zero attached hydrogens (tertiary/aromatic N) is 3. The topological polar surface area (TPSA) is 61.9 Å². The Hall–Kier alpha value is -2.28. The molecule has 1 aliphatic heterocycles. The number of hydrogen-bond acceptors (Lipinski definition) is 5. The summed E-state index contributed by atoms with van der Waals surface area (Å²) in [7, 11) is 0. The van der Waals surface area contributed by atoms with Gasteiger partial charge < -0.3 is 4.98 Å². The molecule has 7 heteroatoms. The maximum absolute atomic E-state index is 12.4. The van der Waals surface area contributed by atoms with E-state index in [-0.39, 0.29) is 11.6 Å². The maximum atomic E-state index is 12.4. The van der Waals surface area contributed by atoms with Crippen LogP contribution in [0.25, 0.3) is 21.1 Å². The molecule has 0 saturated carbocycles. The summed E-state index contributed by atoms with van der Waals surface area (Å²) in [5.41, 5.74) is 1.57. The first-order valence-electron chi connectivity index (χ1n) is 8.95. The molecule has 5 rings (SSSR count). The molecule has 0 spiro atoms. The molecule has 0 unspecified atom stereocenters. The standard InChI is InChI=1S/C20H17ClN4OS/c21-12-7-8-13-15(10-12)22-18(24-19(13)26)11-25-9-3-5-16(25)20-23-14-4-1-2-6-17(14)27-20/h1-2,4,6-8,10,16H,3,5,9,11H2,(H,22,24,26)/t16-/m0/s1. The van der Waals surface area contributed by atoms with Gasteiger partial charge in [0.1, 0.15) is 10.8 Å². The fourth-order valence-electron chi connectivity index (χ4n) is 3.76. The molecule has 1 saturated heterocycles. The van der Waals surface area contributed by atoms with E-state index < -0.39 is 0 Å². The van der Waals surface area contributed by atoms with Crippen molar-refractivity contribution >= 4 is 44.1 Å². The van der Waals surface area contributed by atoms with Gasteiger partial charge in [-0.2, -0.15) is 0 Å². The van der Waals surface area contributed by atoms with E-state index in [1.54, 1.807) is 29.5 Å². The van der Waals surface area contributed by atoms with Gasteiger partial charge in [0, 0.05) is 5.02 Å². The SMILES string of the molecule is O=c1[nH]c(CN2CCC[C@H]2c2nc3ccccc3s2)nc2cc(Cl)ccc12. The van der Waals surface area contributed by atoms with Crippen molar-refractivity contribution < 1.29 is 0 Å². The van der Waals surface area contributed by atoms with Crippen molar-refractivity contribution in [1.82, 2.24) is 19.9 Å². The highest BCUT2D eigenvalue weighted by atomic mass is 35.5. The van der Waals surface area contributed by atoms with Gasteiger partial charge in [0.2, 0.25) is 0 Å². The molecule has 1 N–H and O–H groups in total. The average molecular weight is 397 g/mol. The quantitative estimate of drug-likeness (QED) is 0.553. The summed E-state index contributed by atoms with van der Waals surface area (Å²) < 4.78 is 1.21. The van der Waals surface area contributed by atoms with E-state index in [9.17, 15) is 4.79 Å². The van der Waals surface area contributed by atoms with Crippen molar-refractivity contribution in [1.29, 1.82) is 0 Å². The van der Waals surface area contributed by atoms with Crippen LogP contribution in [0, 0.1) is 0 Å². The molecular formula is C20H17ClN4OS. The molecule has 3 heterocycles. The van der Waals surface area contributed by atoms with Crippen LogP contribution in [0.3, 0.4) is 0 Å². The van der Waals surface area contributed by atoms with Gasteiger partial charge in [-0.3, -0.25) is 9.69 Å². The van der Waals surface area contributed by atoms with Gasteiger partial charge in [-0.1, -0.05) is 23.7 Å². The fourth-order valence-corrected chi connectivity index (χ4v) is 5.06. The van der Waals surface area contributed by atoms with Gasteiger partial charge in [0.25, 0.3) is 5.56 Å². The van der Waals surface area contributed by atoms with E-state index in [1.165, 1.54) is 4.70 Å². The summed E-state index contributed by atoms with van der Waals surface area (Å²) in [6.45, 7) is 1.57. The molecule has 0 amide bonds. The van der Waals surface area contributed by atoms with Crippen LogP contribution in [-0.2, 0) is 6.54 Å². The number of halogens is 1. The summed E-state index contributed by atoms with van der Waals surface area (Å²) in [6, 6.07) is 13.7. The number of H-pyrrole nitrogens is 1. The first kappa shape index (κ1) is 16.9. The fraction of sp³-hybridized carbons (Fsp3) is 0.250. The highest BCUT2D eigenvalue weighted by Gasteiger charge is 2.29. The van der Waals surface area contributed by atoms with Crippen molar-refractivity contribution in [3.63, 3.8) is 0 Å². The molecule has 1 fully saturated rings. The lowest BCUT2D eigenvalue weighted by Gasteiger charge is -2.22. The largest absolute Gasteiger partial charge is 0.309 e. The predicted octanol–water partition coefficient (Wildman–Crippen LogP) is 4.52. The number of likely N-dealkylation sites (tertiary alicyclic amines) is 1. The van der Waals surface area contributed by atoms with Crippen molar-refractivity contribution in [2.75, 3.05) is 6.54 Å². The van der Waals surface area contributed by atoms with E-state index in [0.29, 0.717) is 28.3 Å². The van der Waals surface area contributed by atoms with Gasteiger partial charge in [-0.05, 0) is 49.7 Å². The van der Waals surface area contributed by atoms with Gasteiger partial charge in [0.15, 0.2) is 0 Å². The van der Waals surface area contributed by atoms with Crippen LogP contribution in [-0.4, -0.2) is 26.4 Å². The monoisotopic (exact) mass is 396 g/mol. The lowest BCUT2D eigenvalue weighted by Crippen LogP contribution is -2.25. The second-order valence-electron chi connectivity index (χ2n) is 6.82. The molecule has 1 aliphatic rings. The Labute approximate surface area is 164 Å². The molecule has 4 aromatic rings. The summed E-state index contributed by atoms with van der Waals surface area (Å²) >= 11 is 7.82. The predicted molar refractivity (Wildman–Crippen MR) is 109 cm³/mol.